The van der Waals surface area contributed by atoms with Gasteiger partial charge in [-0.2, -0.15) is 0 Å². The summed E-state index contributed by atoms with van der Waals surface area (Å²) in [5, 5.41) is 7.26. The van der Waals surface area contributed by atoms with Crippen LogP contribution in [-0.2, 0) is 28.6 Å². The van der Waals surface area contributed by atoms with Crippen LogP contribution in [-0.4, -0.2) is 81.2 Å². The monoisotopic (exact) mass is 541 g/mol. The van der Waals surface area contributed by atoms with Crippen LogP contribution in [0.2, 0.25) is 0 Å². The Morgan fingerprint density at radius 1 is 1.22 bits per heavy atom. The van der Waals surface area contributed by atoms with E-state index in [0.29, 0.717) is 54.3 Å². The highest BCUT2D eigenvalue weighted by atomic mass is 32.2. The summed E-state index contributed by atoms with van der Waals surface area (Å²) >= 11 is 1.33. The number of hydrogen-bond donors (Lipinski definition) is 1. The molecule has 1 aliphatic rings. The molecule has 13 heteroatoms. The van der Waals surface area contributed by atoms with E-state index in [-0.39, 0.29) is 19.1 Å². The van der Waals surface area contributed by atoms with E-state index in [1.165, 1.54) is 24.9 Å². The minimum Gasteiger partial charge on any atom is -0.496 e. The fourth-order valence-electron chi connectivity index (χ4n) is 3.15. The largest absolute Gasteiger partial charge is 0.496 e. The number of ether oxygens (including phenoxy) is 4. The fraction of sp³-hybridized carbons (Fsp3) is 0.625. The number of methoxy groups -OCH3 is 2. The van der Waals surface area contributed by atoms with Crippen LogP contribution in [0, 0.1) is 0 Å². The van der Waals surface area contributed by atoms with Gasteiger partial charge >= 0.3 is 11.6 Å². The number of oxime groups is 1. The zero-order valence-electron chi connectivity index (χ0n) is 21.9. The number of thioether (sulfide) groups is 1. The van der Waals surface area contributed by atoms with Gasteiger partial charge in [0, 0.05) is 18.9 Å². The molecule has 0 aliphatic carbocycles. The Kier molecular flexibility index (Phi) is 12.8. The SMILES string of the molecule is CCC[C@@H](NC(=O)C1(C)CSC(/C(C)=N/OC(=O)COCCOCCOC)=N1)c1cc(OC)cc(=O)o1. The summed E-state index contributed by atoms with van der Waals surface area (Å²) < 4.78 is 25.7. The van der Waals surface area contributed by atoms with E-state index in [2.05, 4.69) is 15.5 Å². The highest BCUT2D eigenvalue weighted by Gasteiger charge is 2.40. The molecule has 1 aliphatic heterocycles. The van der Waals surface area contributed by atoms with Crippen molar-refractivity contribution < 1.29 is 37.8 Å². The average molecular weight is 542 g/mol. The number of rotatable bonds is 16. The van der Waals surface area contributed by atoms with E-state index in [9.17, 15) is 14.4 Å². The third kappa shape index (κ3) is 9.91. The van der Waals surface area contributed by atoms with Crippen LogP contribution in [0.4, 0.5) is 0 Å². The number of nitrogens with zero attached hydrogens (tertiary/aromatic N) is 2. The highest BCUT2D eigenvalue weighted by Crippen LogP contribution is 2.30. The molecule has 1 aromatic heterocycles. The van der Waals surface area contributed by atoms with Gasteiger partial charge < -0.3 is 33.5 Å². The maximum absolute atomic E-state index is 13.2. The highest BCUT2D eigenvalue weighted by molar-refractivity contribution is 8.16. The van der Waals surface area contributed by atoms with Crippen LogP contribution in [0.3, 0.4) is 0 Å². The third-order valence-electron chi connectivity index (χ3n) is 5.17. The molecule has 12 nitrogen and oxygen atoms in total. The summed E-state index contributed by atoms with van der Waals surface area (Å²) in [6, 6.07) is 2.30. The first kappa shape index (κ1) is 30.5. The van der Waals surface area contributed by atoms with Crippen LogP contribution in [0.1, 0.15) is 45.4 Å². The van der Waals surface area contributed by atoms with Gasteiger partial charge in [0.2, 0.25) is 5.91 Å². The molecular weight excluding hydrogens is 506 g/mol. The fourth-order valence-corrected chi connectivity index (χ4v) is 4.28. The van der Waals surface area contributed by atoms with Crippen LogP contribution in [0.15, 0.2) is 31.5 Å². The summed E-state index contributed by atoms with van der Waals surface area (Å²) in [5.41, 5.74) is -1.28. The van der Waals surface area contributed by atoms with Crippen molar-refractivity contribution in [3.8, 4) is 5.75 Å². The van der Waals surface area contributed by atoms with Crippen LogP contribution >= 0.6 is 11.8 Å². The number of amides is 1. The van der Waals surface area contributed by atoms with Crippen LogP contribution in [0.5, 0.6) is 5.75 Å². The Balaban J connectivity index is 1.94. The maximum Gasteiger partial charge on any atom is 0.360 e. The van der Waals surface area contributed by atoms with Gasteiger partial charge in [0.25, 0.3) is 0 Å². The van der Waals surface area contributed by atoms with Crippen molar-refractivity contribution in [1.82, 2.24) is 5.32 Å². The standard InChI is InChI=1S/C24H35N3O9S/c1-6-7-18(19-12-17(32-5)13-20(28)35-19)25-23(30)24(3)15-37-22(26-24)16(2)27-36-21(29)14-34-11-10-33-9-8-31-4/h12-13,18H,6-11,14-15H2,1-5H3,(H,25,30)/b27-16+/t18-,24?/m1/s1. The van der Waals surface area contributed by atoms with Crippen molar-refractivity contribution in [2.24, 2.45) is 10.1 Å². The van der Waals surface area contributed by atoms with Gasteiger partial charge in [-0.15, -0.1) is 11.8 Å². The van der Waals surface area contributed by atoms with Crippen molar-refractivity contribution in [2.45, 2.75) is 45.2 Å². The quantitative estimate of drug-likeness (QED) is 0.143. The molecule has 1 N–H and O–H groups in total. The first-order chi connectivity index (χ1) is 17.7. The molecule has 0 radical (unpaired) electrons. The van der Waals surface area contributed by atoms with Gasteiger partial charge in [-0.3, -0.25) is 9.79 Å². The predicted molar refractivity (Wildman–Crippen MR) is 138 cm³/mol. The summed E-state index contributed by atoms with van der Waals surface area (Å²) in [4.78, 5) is 46.4. The lowest BCUT2D eigenvalue weighted by atomic mass is 10.0. The van der Waals surface area contributed by atoms with E-state index in [0.717, 1.165) is 6.42 Å². The number of aliphatic imine (C=N–C) groups is 1. The second kappa shape index (κ2) is 15.5. The van der Waals surface area contributed by atoms with Gasteiger partial charge in [0.15, 0.2) is 0 Å². The van der Waals surface area contributed by atoms with E-state index in [1.54, 1.807) is 27.0 Å². The van der Waals surface area contributed by atoms with E-state index in [4.69, 9.17) is 28.2 Å². The van der Waals surface area contributed by atoms with Gasteiger partial charge in [0.05, 0.1) is 45.6 Å². The zero-order chi connectivity index (χ0) is 27.3. The lowest BCUT2D eigenvalue weighted by molar-refractivity contribution is -0.149. The molecule has 0 saturated carbocycles. The molecule has 1 amide bonds. The lowest BCUT2D eigenvalue weighted by Gasteiger charge is -2.24. The summed E-state index contributed by atoms with van der Waals surface area (Å²) in [6.45, 7) is 6.52. The molecule has 2 atom stereocenters. The van der Waals surface area contributed by atoms with E-state index < -0.39 is 23.2 Å². The molecule has 2 heterocycles. The number of carbonyl (C=O) groups is 2. The summed E-state index contributed by atoms with van der Waals surface area (Å²) in [7, 11) is 3.03. The van der Waals surface area contributed by atoms with Crippen LogP contribution in [0.25, 0.3) is 0 Å². The molecule has 206 valence electrons. The Morgan fingerprint density at radius 3 is 2.65 bits per heavy atom. The Labute approximate surface area is 220 Å². The minimum atomic E-state index is -1.09. The van der Waals surface area contributed by atoms with Gasteiger partial charge in [0.1, 0.15) is 34.4 Å². The molecule has 1 unspecified atom stereocenters. The van der Waals surface area contributed by atoms with Crippen molar-refractivity contribution >= 4 is 34.4 Å². The first-order valence-corrected chi connectivity index (χ1v) is 12.8. The molecular formula is C24H35N3O9S. The Bertz CT molecular complexity index is 1030. The van der Waals surface area contributed by atoms with Gasteiger partial charge in [-0.25, -0.2) is 9.59 Å². The molecule has 0 spiro atoms. The molecule has 2 rings (SSSR count). The smallest absolute Gasteiger partial charge is 0.360 e. The maximum atomic E-state index is 13.2. The molecule has 0 bridgehead atoms. The van der Waals surface area contributed by atoms with Gasteiger partial charge in [-0.1, -0.05) is 18.5 Å². The number of hydrogen-bond acceptors (Lipinski definition) is 12. The second-order valence-corrected chi connectivity index (χ2v) is 9.27. The zero-order valence-corrected chi connectivity index (χ0v) is 22.7. The normalized spacial score (nSPS) is 18.3. The number of carbonyl (C=O) groups excluding carboxylic acids is 2. The second-order valence-electron chi connectivity index (χ2n) is 8.31. The van der Waals surface area contributed by atoms with E-state index in [1.807, 2.05) is 6.92 Å². The number of nitrogens with one attached hydrogen (secondary N) is 1. The molecule has 37 heavy (non-hydrogen) atoms. The van der Waals surface area contributed by atoms with E-state index >= 15 is 0 Å². The van der Waals surface area contributed by atoms with Crippen molar-refractivity contribution in [3.05, 3.63) is 28.3 Å². The van der Waals surface area contributed by atoms with Crippen molar-refractivity contribution in [1.29, 1.82) is 0 Å². The Hall–Kier alpha value is -2.74. The van der Waals surface area contributed by atoms with Crippen molar-refractivity contribution in [2.75, 3.05) is 53.0 Å². The van der Waals surface area contributed by atoms with Gasteiger partial charge in [-0.05, 0) is 20.3 Å². The summed E-state index contributed by atoms with van der Waals surface area (Å²) in [5.74, 6) is 0.0349. The summed E-state index contributed by atoms with van der Waals surface area (Å²) in [6.07, 6.45) is 1.30. The molecule has 1 aromatic rings. The van der Waals surface area contributed by atoms with Crippen molar-refractivity contribution in [3.63, 3.8) is 0 Å². The lowest BCUT2D eigenvalue weighted by Crippen LogP contribution is -2.45. The topological polar surface area (TPSA) is 147 Å². The Morgan fingerprint density at radius 2 is 1.95 bits per heavy atom. The molecule has 0 saturated heterocycles. The molecule has 0 aromatic carbocycles. The first-order valence-electron chi connectivity index (χ1n) is 11.8. The average Bonchev–Trinajstić information content (AvgIpc) is 3.29. The molecule has 0 fully saturated rings. The van der Waals surface area contributed by atoms with Crippen LogP contribution < -0.4 is 15.7 Å². The minimum absolute atomic E-state index is 0.232. The third-order valence-corrected chi connectivity index (χ3v) is 6.54. The predicted octanol–water partition coefficient (Wildman–Crippen LogP) is 2.11.